The van der Waals surface area contributed by atoms with Crippen LogP contribution in [0.3, 0.4) is 0 Å². The van der Waals surface area contributed by atoms with E-state index in [4.69, 9.17) is 9.73 Å². The number of benzene rings is 2. The fraction of sp³-hybridized carbons (Fsp3) is 0.273. The molecular weight excluding hydrogens is 373 g/mol. The van der Waals surface area contributed by atoms with Gasteiger partial charge in [0.05, 0.1) is 24.6 Å². The van der Waals surface area contributed by atoms with Crippen molar-refractivity contribution in [2.45, 2.75) is 25.9 Å². The Morgan fingerprint density at radius 2 is 2.04 bits per heavy atom. The van der Waals surface area contributed by atoms with Crippen LogP contribution in [-0.4, -0.2) is 30.1 Å². The standard InChI is InChI=1S/C22H22FN3OS/c1-16-8-10-17(11-9-16)13-25-26-21(19-6-2-3-7-20(19)23)15-28-22(26)24-14-18-5-4-12-27-18/h2-3,6-11,13,15,18H,4-5,12,14H2,1H3/b24-22?,25-13-/t18-/m1/s1. The van der Waals surface area contributed by atoms with E-state index >= 15 is 0 Å². The van der Waals surface area contributed by atoms with Crippen molar-refractivity contribution in [2.24, 2.45) is 10.1 Å². The van der Waals surface area contributed by atoms with Gasteiger partial charge in [0, 0.05) is 17.6 Å². The highest BCUT2D eigenvalue weighted by atomic mass is 32.1. The summed E-state index contributed by atoms with van der Waals surface area (Å²) in [5.41, 5.74) is 3.38. The molecule has 6 heteroatoms. The van der Waals surface area contributed by atoms with Crippen LogP contribution in [0, 0.1) is 12.7 Å². The number of hydrogen-bond donors (Lipinski definition) is 0. The molecule has 1 aromatic heterocycles. The number of halogens is 1. The van der Waals surface area contributed by atoms with Crippen molar-refractivity contribution >= 4 is 17.6 Å². The monoisotopic (exact) mass is 395 g/mol. The topological polar surface area (TPSA) is 38.9 Å². The first-order valence-corrected chi connectivity index (χ1v) is 10.3. The predicted octanol–water partition coefficient (Wildman–Crippen LogP) is 4.63. The molecule has 0 N–H and O–H groups in total. The number of ether oxygens (including phenoxy) is 1. The van der Waals surface area contributed by atoms with E-state index in [9.17, 15) is 4.39 Å². The number of nitrogens with zero attached hydrogens (tertiary/aromatic N) is 3. The third-order valence-corrected chi connectivity index (χ3v) is 5.54. The van der Waals surface area contributed by atoms with Crippen LogP contribution in [0.5, 0.6) is 0 Å². The van der Waals surface area contributed by atoms with Crippen LogP contribution >= 0.6 is 11.3 Å². The third-order valence-electron chi connectivity index (χ3n) is 4.69. The van der Waals surface area contributed by atoms with Gasteiger partial charge in [-0.2, -0.15) is 5.10 Å². The zero-order valence-corrected chi connectivity index (χ0v) is 16.5. The number of aromatic nitrogens is 1. The molecule has 1 atom stereocenters. The van der Waals surface area contributed by atoms with Gasteiger partial charge in [0.15, 0.2) is 0 Å². The lowest BCUT2D eigenvalue weighted by Crippen LogP contribution is -2.17. The maximum atomic E-state index is 14.4. The maximum Gasteiger partial charge on any atom is 0.206 e. The van der Waals surface area contributed by atoms with Crippen LogP contribution in [0.25, 0.3) is 11.3 Å². The van der Waals surface area contributed by atoms with Gasteiger partial charge in [0.2, 0.25) is 4.80 Å². The number of aryl methyl sites for hydroxylation is 1. The average molecular weight is 396 g/mol. The summed E-state index contributed by atoms with van der Waals surface area (Å²) in [5, 5.41) is 6.53. The first kappa shape index (κ1) is 18.8. The Kier molecular flexibility index (Phi) is 5.78. The molecule has 0 saturated carbocycles. The van der Waals surface area contributed by atoms with E-state index in [1.807, 2.05) is 42.6 Å². The van der Waals surface area contributed by atoms with Gasteiger partial charge in [-0.25, -0.2) is 9.07 Å². The molecule has 1 aliphatic heterocycles. The summed E-state index contributed by atoms with van der Waals surface area (Å²) in [4.78, 5) is 5.44. The molecule has 4 nitrogen and oxygen atoms in total. The first-order valence-electron chi connectivity index (χ1n) is 9.39. The highest BCUT2D eigenvalue weighted by Gasteiger charge is 2.15. The van der Waals surface area contributed by atoms with Gasteiger partial charge in [0.1, 0.15) is 5.82 Å². The van der Waals surface area contributed by atoms with E-state index in [1.165, 1.54) is 23.0 Å². The van der Waals surface area contributed by atoms with Crippen molar-refractivity contribution in [3.8, 4) is 11.3 Å². The Morgan fingerprint density at radius 1 is 1.21 bits per heavy atom. The Hall–Kier alpha value is -2.57. The molecule has 0 unspecified atom stereocenters. The Balaban J connectivity index is 1.73. The van der Waals surface area contributed by atoms with E-state index < -0.39 is 0 Å². The van der Waals surface area contributed by atoms with Crippen LogP contribution in [0.2, 0.25) is 0 Å². The summed E-state index contributed by atoms with van der Waals surface area (Å²) >= 11 is 1.46. The highest BCUT2D eigenvalue weighted by Crippen LogP contribution is 2.23. The van der Waals surface area contributed by atoms with Crippen LogP contribution < -0.4 is 4.80 Å². The molecule has 0 radical (unpaired) electrons. The molecule has 0 aliphatic carbocycles. The molecule has 2 aromatic carbocycles. The van der Waals surface area contributed by atoms with Crippen LogP contribution in [-0.2, 0) is 4.74 Å². The maximum absolute atomic E-state index is 14.4. The average Bonchev–Trinajstić information content (AvgIpc) is 3.36. The van der Waals surface area contributed by atoms with Crippen molar-refractivity contribution in [3.05, 3.63) is 75.7 Å². The van der Waals surface area contributed by atoms with Crippen molar-refractivity contribution in [1.29, 1.82) is 0 Å². The molecular formula is C22H22FN3OS. The zero-order valence-electron chi connectivity index (χ0n) is 15.7. The normalized spacial score (nSPS) is 17.6. The molecule has 1 saturated heterocycles. The molecule has 1 aliphatic rings. The van der Waals surface area contributed by atoms with Crippen LogP contribution in [0.1, 0.15) is 24.0 Å². The minimum absolute atomic E-state index is 0.161. The van der Waals surface area contributed by atoms with Crippen molar-refractivity contribution < 1.29 is 9.13 Å². The molecule has 3 aromatic rings. The molecule has 144 valence electrons. The fourth-order valence-corrected chi connectivity index (χ4v) is 3.96. The lowest BCUT2D eigenvalue weighted by molar-refractivity contribution is 0.117. The van der Waals surface area contributed by atoms with Crippen molar-refractivity contribution in [3.63, 3.8) is 0 Å². The number of hydrogen-bond acceptors (Lipinski definition) is 4. The van der Waals surface area contributed by atoms with Gasteiger partial charge in [-0.15, -0.1) is 11.3 Å². The van der Waals surface area contributed by atoms with Gasteiger partial charge in [0.25, 0.3) is 0 Å². The first-order chi connectivity index (χ1) is 13.7. The highest BCUT2D eigenvalue weighted by molar-refractivity contribution is 7.07. The second-order valence-corrected chi connectivity index (χ2v) is 7.66. The summed E-state index contributed by atoms with van der Waals surface area (Å²) in [7, 11) is 0. The molecule has 0 spiro atoms. The fourth-order valence-electron chi connectivity index (χ4n) is 3.12. The van der Waals surface area contributed by atoms with Crippen LogP contribution in [0.4, 0.5) is 4.39 Å². The van der Waals surface area contributed by atoms with Gasteiger partial charge < -0.3 is 4.74 Å². The lowest BCUT2D eigenvalue weighted by Gasteiger charge is -2.06. The smallest absolute Gasteiger partial charge is 0.206 e. The number of thiazole rings is 1. The van der Waals surface area contributed by atoms with Gasteiger partial charge in [-0.3, -0.25) is 4.99 Å². The van der Waals surface area contributed by atoms with E-state index in [1.54, 1.807) is 23.0 Å². The van der Waals surface area contributed by atoms with E-state index in [2.05, 4.69) is 5.10 Å². The lowest BCUT2D eigenvalue weighted by atomic mass is 10.1. The minimum atomic E-state index is -0.273. The van der Waals surface area contributed by atoms with Gasteiger partial charge >= 0.3 is 0 Å². The van der Waals surface area contributed by atoms with E-state index in [-0.39, 0.29) is 11.9 Å². The number of rotatable bonds is 5. The summed E-state index contributed by atoms with van der Waals surface area (Å²) in [5.74, 6) is -0.273. The predicted molar refractivity (Wildman–Crippen MR) is 111 cm³/mol. The second-order valence-electron chi connectivity index (χ2n) is 6.83. The molecule has 0 amide bonds. The molecule has 2 heterocycles. The SMILES string of the molecule is Cc1ccc(/C=N\n2c(-c3ccccc3F)csc2=NC[C@H]2CCCO2)cc1. The van der Waals surface area contributed by atoms with Crippen molar-refractivity contribution in [1.82, 2.24) is 4.68 Å². The van der Waals surface area contributed by atoms with E-state index in [0.717, 1.165) is 29.8 Å². The molecule has 1 fully saturated rings. The minimum Gasteiger partial charge on any atom is -0.376 e. The summed E-state index contributed by atoms with van der Waals surface area (Å²) in [6.07, 6.45) is 4.05. The molecule has 4 rings (SSSR count). The van der Waals surface area contributed by atoms with Gasteiger partial charge in [-0.1, -0.05) is 42.0 Å². The Bertz CT molecular complexity index is 1030. The summed E-state index contributed by atoms with van der Waals surface area (Å²) < 4.78 is 21.8. The summed E-state index contributed by atoms with van der Waals surface area (Å²) in [6, 6.07) is 14.8. The second kappa shape index (κ2) is 8.63. The van der Waals surface area contributed by atoms with E-state index in [0.29, 0.717) is 17.8 Å². The van der Waals surface area contributed by atoms with Gasteiger partial charge in [-0.05, 0) is 37.5 Å². The molecule has 28 heavy (non-hydrogen) atoms. The largest absolute Gasteiger partial charge is 0.376 e. The third kappa shape index (κ3) is 4.29. The quantitative estimate of drug-likeness (QED) is 0.581. The summed E-state index contributed by atoms with van der Waals surface area (Å²) in [6.45, 7) is 3.45. The Morgan fingerprint density at radius 3 is 2.79 bits per heavy atom. The van der Waals surface area contributed by atoms with Crippen molar-refractivity contribution in [2.75, 3.05) is 13.2 Å². The zero-order chi connectivity index (χ0) is 19.3. The Labute approximate surface area is 167 Å². The van der Waals surface area contributed by atoms with Crippen LogP contribution in [0.15, 0.2) is 64.0 Å². The molecule has 0 bridgehead atoms.